The molecule has 0 radical (unpaired) electrons. The zero-order valence-corrected chi connectivity index (χ0v) is 20.0. The molecular formula is C27H30FN3O5. The molecule has 0 amide bonds. The van der Waals surface area contributed by atoms with Crippen molar-refractivity contribution < 1.29 is 19.0 Å². The summed E-state index contributed by atoms with van der Waals surface area (Å²) in [5.41, 5.74) is -0.119. The molecule has 1 heterocycles. The lowest BCUT2D eigenvalue weighted by molar-refractivity contribution is -0.139. The number of fused-ring (bicyclic) bond motifs is 1. The molecular weight excluding hydrogens is 465 g/mol. The fourth-order valence-corrected chi connectivity index (χ4v) is 5.53. The van der Waals surface area contributed by atoms with E-state index in [0.29, 0.717) is 11.2 Å². The number of nitrogens with one attached hydrogen (secondary N) is 1. The maximum Gasteiger partial charge on any atom is 0.341 e. The molecule has 8 nitrogen and oxygen atoms in total. The average molecular weight is 496 g/mol. The summed E-state index contributed by atoms with van der Waals surface area (Å²) in [7, 11) is 0. The standard InChI is InChI=1S/C27H30FN3O5/c28-22-14-21-24(15-23(22)29-17-7-2-1-3-8-17)30(18-9-4-5-10-18)27(35)31(26(21)34)19-11-6-12-20(13-19)36-16-25(32)33/h6,11-15,17-18,29H,1-5,7-10,16H2,(H,32,33). The number of carboxylic acids is 1. The van der Waals surface area contributed by atoms with E-state index in [2.05, 4.69) is 5.32 Å². The van der Waals surface area contributed by atoms with Crippen LogP contribution in [-0.2, 0) is 4.79 Å². The first-order valence-electron chi connectivity index (χ1n) is 12.6. The van der Waals surface area contributed by atoms with Gasteiger partial charge >= 0.3 is 11.7 Å². The highest BCUT2D eigenvalue weighted by atomic mass is 19.1. The van der Waals surface area contributed by atoms with Crippen molar-refractivity contribution in [3.05, 3.63) is 63.1 Å². The number of aromatic nitrogens is 2. The minimum absolute atomic E-state index is 0.0914. The van der Waals surface area contributed by atoms with Gasteiger partial charge in [-0.05, 0) is 49.9 Å². The van der Waals surface area contributed by atoms with Crippen molar-refractivity contribution in [3.8, 4) is 11.4 Å². The summed E-state index contributed by atoms with van der Waals surface area (Å²) in [5.74, 6) is -1.45. The van der Waals surface area contributed by atoms with Crippen molar-refractivity contribution in [2.75, 3.05) is 11.9 Å². The number of carboxylic acid groups (broad SMARTS) is 1. The van der Waals surface area contributed by atoms with Gasteiger partial charge in [-0.1, -0.05) is 38.2 Å². The van der Waals surface area contributed by atoms with Crippen LogP contribution in [0.1, 0.15) is 63.8 Å². The zero-order valence-electron chi connectivity index (χ0n) is 20.0. The van der Waals surface area contributed by atoms with Crippen LogP contribution in [0.5, 0.6) is 5.75 Å². The Balaban J connectivity index is 1.66. The molecule has 2 fully saturated rings. The minimum atomic E-state index is -1.14. The molecule has 3 aromatic rings. The summed E-state index contributed by atoms with van der Waals surface area (Å²) in [6.45, 7) is -0.551. The van der Waals surface area contributed by atoms with E-state index >= 15 is 4.39 Å². The van der Waals surface area contributed by atoms with Crippen LogP contribution in [0.4, 0.5) is 10.1 Å². The lowest BCUT2D eigenvalue weighted by Crippen LogP contribution is -2.40. The minimum Gasteiger partial charge on any atom is -0.482 e. The van der Waals surface area contributed by atoms with E-state index in [1.165, 1.54) is 18.6 Å². The van der Waals surface area contributed by atoms with Crippen molar-refractivity contribution in [2.24, 2.45) is 0 Å². The van der Waals surface area contributed by atoms with Gasteiger partial charge in [0.05, 0.1) is 22.3 Å². The van der Waals surface area contributed by atoms with Crippen LogP contribution in [-0.4, -0.2) is 32.9 Å². The number of carbonyl (C=O) groups is 1. The van der Waals surface area contributed by atoms with Crippen LogP contribution in [0.15, 0.2) is 46.0 Å². The number of halogens is 1. The Morgan fingerprint density at radius 1 is 1.03 bits per heavy atom. The van der Waals surface area contributed by atoms with Crippen molar-refractivity contribution >= 4 is 22.6 Å². The van der Waals surface area contributed by atoms with Crippen molar-refractivity contribution in [3.63, 3.8) is 0 Å². The first-order valence-corrected chi connectivity index (χ1v) is 12.6. The zero-order chi connectivity index (χ0) is 25.2. The van der Waals surface area contributed by atoms with E-state index < -0.39 is 29.6 Å². The number of hydrogen-bond donors (Lipinski definition) is 2. The summed E-state index contributed by atoms with van der Waals surface area (Å²) in [6.07, 6.45) is 8.87. The topological polar surface area (TPSA) is 103 Å². The Kier molecular flexibility index (Phi) is 6.80. The molecule has 9 heteroatoms. The van der Waals surface area contributed by atoms with Gasteiger partial charge in [-0.2, -0.15) is 0 Å². The number of anilines is 1. The quantitative estimate of drug-likeness (QED) is 0.496. The summed E-state index contributed by atoms with van der Waals surface area (Å²) >= 11 is 0. The fraction of sp³-hybridized carbons (Fsp3) is 0.444. The normalized spacial score (nSPS) is 16.9. The lowest BCUT2D eigenvalue weighted by Gasteiger charge is -2.25. The first-order chi connectivity index (χ1) is 17.4. The van der Waals surface area contributed by atoms with Gasteiger partial charge < -0.3 is 15.2 Å². The molecule has 190 valence electrons. The maximum absolute atomic E-state index is 15.3. The van der Waals surface area contributed by atoms with Crippen LogP contribution < -0.4 is 21.3 Å². The van der Waals surface area contributed by atoms with E-state index in [-0.39, 0.29) is 28.9 Å². The summed E-state index contributed by atoms with van der Waals surface area (Å²) in [5, 5.41) is 12.3. The highest BCUT2D eigenvalue weighted by molar-refractivity contribution is 5.83. The van der Waals surface area contributed by atoms with E-state index in [1.54, 1.807) is 28.8 Å². The Morgan fingerprint density at radius 3 is 2.47 bits per heavy atom. The van der Waals surface area contributed by atoms with Crippen LogP contribution in [0.25, 0.3) is 16.6 Å². The second-order valence-corrected chi connectivity index (χ2v) is 9.74. The molecule has 2 N–H and O–H groups in total. The number of rotatable bonds is 7. The third kappa shape index (κ3) is 4.74. The molecule has 2 aliphatic rings. The predicted octanol–water partition coefficient (Wildman–Crippen LogP) is 4.61. The van der Waals surface area contributed by atoms with Gasteiger partial charge in [0, 0.05) is 18.2 Å². The van der Waals surface area contributed by atoms with Gasteiger partial charge in [0.2, 0.25) is 0 Å². The largest absolute Gasteiger partial charge is 0.482 e. The van der Waals surface area contributed by atoms with Crippen LogP contribution in [0.3, 0.4) is 0 Å². The number of aliphatic carboxylic acids is 1. The summed E-state index contributed by atoms with van der Waals surface area (Å²) in [6, 6.07) is 9.10. The van der Waals surface area contributed by atoms with E-state index in [4.69, 9.17) is 9.84 Å². The number of nitrogens with zero attached hydrogens (tertiary/aromatic N) is 2. The maximum atomic E-state index is 15.3. The molecule has 0 spiro atoms. The van der Waals surface area contributed by atoms with Crippen LogP contribution in [0.2, 0.25) is 0 Å². The Morgan fingerprint density at radius 2 is 1.75 bits per heavy atom. The Bertz CT molecular complexity index is 1400. The summed E-state index contributed by atoms with van der Waals surface area (Å²) < 4.78 is 23.2. The molecule has 5 rings (SSSR count). The van der Waals surface area contributed by atoms with E-state index in [9.17, 15) is 14.4 Å². The number of hydrogen-bond acceptors (Lipinski definition) is 5. The molecule has 0 bridgehead atoms. The van der Waals surface area contributed by atoms with Gasteiger partial charge in [0.25, 0.3) is 5.56 Å². The summed E-state index contributed by atoms with van der Waals surface area (Å²) in [4.78, 5) is 38.3. The van der Waals surface area contributed by atoms with E-state index in [0.717, 1.165) is 55.9 Å². The second-order valence-electron chi connectivity index (χ2n) is 9.74. The highest BCUT2D eigenvalue weighted by Crippen LogP contribution is 2.32. The lowest BCUT2D eigenvalue weighted by atomic mass is 9.95. The molecule has 2 aliphatic carbocycles. The smallest absolute Gasteiger partial charge is 0.341 e. The van der Waals surface area contributed by atoms with Crippen molar-refractivity contribution in [1.29, 1.82) is 0 Å². The van der Waals surface area contributed by atoms with Gasteiger partial charge in [-0.3, -0.25) is 9.36 Å². The first kappa shape index (κ1) is 24.1. The fourth-order valence-electron chi connectivity index (χ4n) is 5.53. The molecule has 2 aromatic carbocycles. The third-order valence-electron chi connectivity index (χ3n) is 7.27. The predicted molar refractivity (Wildman–Crippen MR) is 135 cm³/mol. The average Bonchev–Trinajstić information content (AvgIpc) is 3.39. The third-order valence-corrected chi connectivity index (χ3v) is 7.27. The van der Waals surface area contributed by atoms with Gasteiger partial charge in [0.1, 0.15) is 11.6 Å². The molecule has 2 saturated carbocycles. The number of benzene rings is 2. The van der Waals surface area contributed by atoms with E-state index in [1.807, 2.05) is 0 Å². The van der Waals surface area contributed by atoms with Gasteiger partial charge in [-0.15, -0.1) is 0 Å². The van der Waals surface area contributed by atoms with Gasteiger partial charge in [-0.25, -0.2) is 18.5 Å². The molecule has 0 aliphatic heterocycles. The molecule has 0 saturated heterocycles. The highest BCUT2D eigenvalue weighted by Gasteiger charge is 2.25. The Hall–Kier alpha value is -3.62. The molecule has 1 aromatic heterocycles. The monoisotopic (exact) mass is 495 g/mol. The van der Waals surface area contributed by atoms with Crippen molar-refractivity contribution in [1.82, 2.24) is 9.13 Å². The Labute approximate surface area is 207 Å². The molecule has 0 unspecified atom stereocenters. The van der Waals surface area contributed by atoms with Gasteiger partial charge in [0.15, 0.2) is 6.61 Å². The van der Waals surface area contributed by atoms with Crippen LogP contribution in [0, 0.1) is 5.82 Å². The van der Waals surface area contributed by atoms with Crippen LogP contribution >= 0.6 is 0 Å². The molecule has 0 atom stereocenters. The SMILES string of the molecule is O=C(O)COc1cccc(-n2c(=O)c3cc(F)c(NC4CCCCC4)cc3n(C3CCCC3)c2=O)c1. The number of ether oxygens (including phenoxy) is 1. The van der Waals surface area contributed by atoms with Crippen molar-refractivity contribution in [2.45, 2.75) is 69.9 Å². The second kappa shape index (κ2) is 10.2. The molecule has 36 heavy (non-hydrogen) atoms.